The molecule has 1 aromatic heterocycles. The molecule has 0 fully saturated rings. The van der Waals surface area contributed by atoms with Crippen LogP contribution in [0.1, 0.15) is 63.0 Å². The number of aliphatic hydroxyl groups is 1. The zero-order valence-corrected chi connectivity index (χ0v) is 16.8. The molecular weight excluding hydrogens is 369 g/mol. The number of benzene rings is 1. The van der Waals surface area contributed by atoms with Crippen molar-refractivity contribution in [1.82, 2.24) is 0 Å². The van der Waals surface area contributed by atoms with Gasteiger partial charge < -0.3 is 10.3 Å². The van der Waals surface area contributed by atoms with Gasteiger partial charge in [0.15, 0.2) is 12.4 Å². The highest BCUT2D eigenvalue weighted by Gasteiger charge is 2.31. The molecule has 5 heteroatoms. The number of unbranched alkanes of at least 4 members (excludes halogenated alkanes) is 5. The van der Waals surface area contributed by atoms with E-state index in [-0.39, 0.29) is 0 Å². The van der Waals surface area contributed by atoms with Crippen LogP contribution in [0, 0.1) is 5.21 Å². The van der Waals surface area contributed by atoms with Gasteiger partial charge in [-0.2, -0.15) is 4.73 Å². The van der Waals surface area contributed by atoms with Gasteiger partial charge in [-0.05, 0) is 30.2 Å². The van der Waals surface area contributed by atoms with Gasteiger partial charge in [0.25, 0.3) is 0 Å². The molecule has 0 bridgehead atoms. The van der Waals surface area contributed by atoms with E-state index in [0.717, 1.165) is 23.1 Å². The lowest BCUT2D eigenvalue weighted by molar-refractivity contribution is -0.606. The molecule has 142 valence electrons. The van der Waals surface area contributed by atoms with E-state index in [0.29, 0.717) is 28.5 Å². The van der Waals surface area contributed by atoms with Crippen molar-refractivity contribution in [3.63, 3.8) is 0 Å². The lowest BCUT2D eigenvalue weighted by atomic mass is 9.83. The minimum atomic E-state index is -1.13. The van der Waals surface area contributed by atoms with Crippen molar-refractivity contribution in [1.29, 1.82) is 0 Å². The maximum atomic E-state index is 11.7. The van der Waals surface area contributed by atoms with Crippen molar-refractivity contribution in [2.45, 2.75) is 63.9 Å². The molecule has 0 amide bonds. The Bertz CT molecular complexity index is 708. The molecule has 0 aliphatic carbocycles. The zero-order valence-electron chi connectivity index (χ0n) is 15.3. The van der Waals surface area contributed by atoms with E-state index < -0.39 is 5.60 Å². The van der Waals surface area contributed by atoms with Crippen LogP contribution in [-0.2, 0) is 12.0 Å². The summed E-state index contributed by atoms with van der Waals surface area (Å²) in [7, 11) is 0. The molecule has 2 rings (SSSR count). The Morgan fingerprint density at radius 2 is 1.81 bits per heavy atom. The molecule has 26 heavy (non-hydrogen) atoms. The molecule has 3 nitrogen and oxygen atoms in total. The normalized spacial score (nSPS) is 13.5. The Morgan fingerprint density at radius 1 is 1.08 bits per heavy atom. The SMILES string of the molecule is CCCCCCCCC(O)(Cc1ccc(Cl)cc1Cl)c1ccc[n+]([O-])c1. The number of hydrogen-bond donors (Lipinski definition) is 1. The van der Waals surface area contributed by atoms with Gasteiger partial charge in [0.2, 0.25) is 0 Å². The molecule has 2 aromatic rings. The maximum absolute atomic E-state index is 11.7. The quantitative estimate of drug-likeness (QED) is 0.313. The summed E-state index contributed by atoms with van der Waals surface area (Å²) < 4.78 is 0.727. The van der Waals surface area contributed by atoms with Crippen molar-refractivity contribution in [2.24, 2.45) is 0 Å². The van der Waals surface area contributed by atoms with Crippen molar-refractivity contribution in [3.8, 4) is 0 Å². The van der Waals surface area contributed by atoms with Crippen LogP contribution >= 0.6 is 23.2 Å². The van der Waals surface area contributed by atoms with Gasteiger partial charge in [0, 0.05) is 28.1 Å². The summed E-state index contributed by atoms with van der Waals surface area (Å²) in [4.78, 5) is 0. The van der Waals surface area contributed by atoms with Crippen LogP contribution in [0.25, 0.3) is 0 Å². The summed E-state index contributed by atoms with van der Waals surface area (Å²) >= 11 is 12.3. The van der Waals surface area contributed by atoms with Gasteiger partial charge in [-0.3, -0.25) is 0 Å². The fraction of sp³-hybridized carbons (Fsp3) is 0.476. The first-order valence-corrected chi connectivity index (χ1v) is 10.1. The summed E-state index contributed by atoms with van der Waals surface area (Å²) in [5.74, 6) is 0. The summed E-state index contributed by atoms with van der Waals surface area (Å²) in [6.45, 7) is 2.20. The molecule has 1 aromatic carbocycles. The second kappa shape index (κ2) is 10.1. The highest BCUT2D eigenvalue weighted by atomic mass is 35.5. The first-order valence-electron chi connectivity index (χ1n) is 9.30. The van der Waals surface area contributed by atoms with Gasteiger partial charge in [-0.1, -0.05) is 74.7 Å². The zero-order chi connectivity index (χ0) is 19.0. The lowest BCUT2D eigenvalue weighted by Crippen LogP contribution is -2.34. The Balaban J connectivity index is 2.15. The summed E-state index contributed by atoms with van der Waals surface area (Å²) in [5, 5.41) is 24.2. The number of aromatic nitrogens is 1. The number of hydrogen-bond acceptors (Lipinski definition) is 2. The Morgan fingerprint density at radius 3 is 2.50 bits per heavy atom. The third-order valence-electron chi connectivity index (χ3n) is 4.75. The molecular formula is C21H27Cl2NO2. The predicted molar refractivity (Wildman–Crippen MR) is 107 cm³/mol. The highest BCUT2D eigenvalue weighted by molar-refractivity contribution is 6.35. The van der Waals surface area contributed by atoms with Crippen LogP contribution in [0.4, 0.5) is 0 Å². The number of pyridine rings is 1. The third kappa shape index (κ3) is 6.15. The highest BCUT2D eigenvalue weighted by Crippen LogP contribution is 2.34. The molecule has 0 saturated carbocycles. The predicted octanol–water partition coefficient (Wildman–Crippen LogP) is 5.81. The van der Waals surface area contributed by atoms with Crippen LogP contribution in [0.2, 0.25) is 10.0 Å². The minimum Gasteiger partial charge on any atom is -0.619 e. The number of halogens is 2. The standard InChI is InChI=1S/C21H27Cl2NO2/c1-2-3-4-5-6-7-12-21(25,18-9-8-13-24(26)16-18)15-17-10-11-19(22)14-20(17)23/h8-11,13-14,16,25H,2-7,12,15H2,1H3. The Kier molecular flexibility index (Phi) is 8.20. The van der Waals surface area contributed by atoms with Crippen LogP contribution < -0.4 is 4.73 Å². The summed E-state index contributed by atoms with van der Waals surface area (Å²) in [6, 6.07) is 8.76. The third-order valence-corrected chi connectivity index (χ3v) is 5.34. The van der Waals surface area contributed by atoms with Crippen molar-refractivity contribution < 1.29 is 9.84 Å². The van der Waals surface area contributed by atoms with E-state index in [1.807, 2.05) is 6.07 Å². The molecule has 0 radical (unpaired) electrons. The average Bonchev–Trinajstić information content (AvgIpc) is 2.60. The molecule has 0 aliphatic rings. The summed E-state index contributed by atoms with van der Waals surface area (Å²) in [6.07, 6.45) is 10.6. The molecule has 0 aliphatic heterocycles. The maximum Gasteiger partial charge on any atom is 0.186 e. The number of nitrogens with zero attached hydrogens (tertiary/aromatic N) is 1. The van der Waals surface area contributed by atoms with Crippen LogP contribution in [0.5, 0.6) is 0 Å². The fourth-order valence-corrected chi connectivity index (χ4v) is 3.72. The second-order valence-electron chi connectivity index (χ2n) is 6.91. The largest absolute Gasteiger partial charge is 0.619 e. The van der Waals surface area contributed by atoms with E-state index in [9.17, 15) is 10.3 Å². The fourth-order valence-electron chi connectivity index (χ4n) is 3.24. The van der Waals surface area contributed by atoms with Gasteiger partial charge in [-0.15, -0.1) is 0 Å². The average molecular weight is 396 g/mol. The molecule has 0 spiro atoms. The van der Waals surface area contributed by atoms with Crippen LogP contribution in [0.15, 0.2) is 42.7 Å². The second-order valence-corrected chi connectivity index (χ2v) is 7.76. The van der Waals surface area contributed by atoms with Crippen LogP contribution in [0.3, 0.4) is 0 Å². The first-order chi connectivity index (χ1) is 12.4. The van der Waals surface area contributed by atoms with E-state index in [1.54, 1.807) is 24.3 Å². The van der Waals surface area contributed by atoms with E-state index in [4.69, 9.17) is 23.2 Å². The van der Waals surface area contributed by atoms with E-state index >= 15 is 0 Å². The molecule has 1 N–H and O–H groups in total. The van der Waals surface area contributed by atoms with Gasteiger partial charge in [0.05, 0.1) is 5.60 Å². The lowest BCUT2D eigenvalue weighted by Gasteiger charge is -2.28. The first kappa shape index (κ1) is 21.0. The van der Waals surface area contributed by atoms with Crippen molar-refractivity contribution >= 4 is 23.2 Å². The van der Waals surface area contributed by atoms with Gasteiger partial charge in [0.1, 0.15) is 0 Å². The summed E-state index contributed by atoms with van der Waals surface area (Å²) in [5.41, 5.74) is 0.316. The smallest absolute Gasteiger partial charge is 0.186 e. The van der Waals surface area contributed by atoms with E-state index in [1.165, 1.54) is 38.1 Å². The molecule has 1 heterocycles. The minimum absolute atomic E-state index is 0.349. The number of rotatable bonds is 10. The molecule has 1 unspecified atom stereocenters. The van der Waals surface area contributed by atoms with Crippen LogP contribution in [-0.4, -0.2) is 5.11 Å². The topological polar surface area (TPSA) is 47.2 Å². The van der Waals surface area contributed by atoms with E-state index in [2.05, 4.69) is 6.92 Å². The molecule has 1 atom stereocenters. The van der Waals surface area contributed by atoms with Crippen molar-refractivity contribution in [3.05, 3.63) is 69.1 Å². The van der Waals surface area contributed by atoms with Crippen molar-refractivity contribution in [2.75, 3.05) is 0 Å². The van der Waals surface area contributed by atoms with Gasteiger partial charge >= 0.3 is 0 Å². The Labute approximate surface area is 166 Å². The van der Waals surface area contributed by atoms with Gasteiger partial charge in [-0.25, -0.2) is 0 Å². The Hall–Kier alpha value is -1.29. The molecule has 0 saturated heterocycles. The monoisotopic (exact) mass is 395 g/mol.